The van der Waals surface area contributed by atoms with E-state index in [1.807, 2.05) is 26.0 Å². The molecule has 2 aromatic heterocycles. The minimum atomic E-state index is -1.74. The van der Waals surface area contributed by atoms with Crippen LogP contribution in [0, 0.1) is 6.92 Å². The van der Waals surface area contributed by atoms with E-state index < -0.39 is 16.9 Å². The van der Waals surface area contributed by atoms with Gasteiger partial charge in [0.25, 0.3) is 11.8 Å². The summed E-state index contributed by atoms with van der Waals surface area (Å²) in [6.07, 6.45) is 2.27. The Morgan fingerprint density at radius 3 is 2.63 bits per heavy atom. The van der Waals surface area contributed by atoms with Gasteiger partial charge in [0.05, 0.1) is 16.6 Å². The molecule has 2 aliphatic heterocycles. The number of rotatable bonds is 3. The standard InChI is InChI=1S/C27H20ClN3O4/c1-3-12-30-19-7-5-4-6-18(19)27(26(30)34)22-23(32)17-14-16(28)8-9-20(17)35-24(22)25(33)31(27)21-13-15(2)10-11-29-21/h4-11,13-14H,3,12H2,1-2H3. The molecule has 2 aromatic carbocycles. The van der Waals surface area contributed by atoms with Crippen LogP contribution < -0.4 is 15.2 Å². The van der Waals surface area contributed by atoms with E-state index in [0.717, 1.165) is 5.56 Å². The van der Waals surface area contributed by atoms with E-state index in [0.29, 0.717) is 29.2 Å². The molecule has 0 aliphatic carbocycles. The second kappa shape index (κ2) is 7.52. The number of fused-ring (bicyclic) bond motifs is 5. The molecule has 1 spiro atoms. The molecule has 0 N–H and O–H groups in total. The van der Waals surface area contributed by atoms with Gasteiger partial charge in [0.2, 0.25) is 5.76 Å². The number of carbonyl (C=O) groups excluding carboxylic acids is 2. The minimum Gasteiger partial charge on any atom is -0.450 e. The number of amides is 2. The third kappa shape index (κ3) is 2.73. The van der Waals surface area contributed by atoms with Crippen molar-refractivity contribution in [3.63, 3.8) is 0 Å². The van der Waals surface area contributed by atoms with Gasteiger partial charge in [-0.3, -0.25) is 19.3 Å². The predicted octanol–water partition coefficient (Wildman–Crippen LogP) is 4.81. The van der Waals surface area contributed by atoms with Crippen molar-refractivity contribution < 1.29 is 14.0 Å². The van der Waals surface area contributed by atoms with E-state index in [1.54, 1.807) is 47.5 Å². The van der Waals surface area contributed by atoms with Gasteiger partial charge in [-0.25, -0.2) is 4.98 Å². The molecule has 0 saturated heterocycles. The number of aromatic nitrogens is 1. The van der Waals surface area contributed by atoms with Crippen LogP contribution in [0.2, 0.25) is 5.02 Å². The highest BCUT2D eigenvalue weighted by Gasteiger charge is 2.65. The molecular weight excluding hydrogens is 466 g/mol. The molecule has 4 heterocycles. The Hall–Kier alpha value is -3.97. The summed E-state index contributed by atoms with van der Waals surface area (Å²) in [5.74, 6) is -0.864. The van der Waals surface area contributed by atoms with Crippen LogP contribution >= 0.6 is 11.6 Å². The molecule has 4 aromatic rings. The van der Waals surface area contributed by atoms with Gasteiger partial charge in [-0.05, 0) is 55.3 Å². The van der Waals surface area contributed by atoms with Crippen molar-refractivity contribution in [2.45, 2.75) is 25.8 Å². The van der Waals surface area contributed by atoms with Crippen LogP contribution in [0.3, 0.4) is 0 Å². The summed E-state index contributed by atoms with van der Waals surface area (Å²) in [4.78, 5) is 49.9. The predicted molar refractivity (Wildman–Crippen MR) is 133 cm³/mol. The monoisotopic (exact) mass is 485 g/mol. The van der Waals surface area contributed by atoms with E-state index in [-0.39, 0.29) is 34.0 Å². The van der Waals surface area contributed by atoms with Crippen molar-refractivity contribution in [2.75, 3.05) is 16.3 Å². The third-order valence-electron chi connectivity index (χ3n) is 6.66. The highest BCUT2D eigenvalue weighted by Crippen LogP contribution is 2.53. The lowest BCUT2D eigenvalue weighted by Gasteiger charge is -2.33. The van der Waals surface area contributed by atoms with E-state index in [4.69, 9.17) is 16.0 Å². The number of carbonyl (C=O) groups is 2. The Labute approximate surface area is 205 Å². The lowest BCUT2D eigenvalue weighted by atomic mass is 9.84. The van der Waals surface area contributed by atoms with Crippen LogP contribution in [-0.2, 0) is 10.3 Å². The third-order valence-corrected chi connectivity index (χ3v) is 6.90. The molecule has 2 amide bonds. The van der Waals surface area contributed by atoms with Gasteiger partial charge < -0.3 is 9.32 Å². The highest BCUT2D eigenvalue weighted by molar-refractivity contribution is 6.31. The largest absolute Gasteiger partial charge is 0.450 e. The maximum absolute atomic E-state index is 14.4. The van der Waals surface area contributed by atoms with Crippen molar-refractivity contribution >= 4 is 45.9 Å². The fourth-order valence-electron chi connectivity index (χ4n) is 5.27. The molecule has 1 unspecified atom stereocenters. The SMILES string of the molecule is CCCN1C(=O)C2(c3ccccc31)c1c(oc3ccc(Cl)cc3c1=O)C(=O)N2c1cc(C)ccn1. The summed E-state index contributed by atoms with van der Waals surface area (Å²) in [7, 11) is 0. The second-order valence-electron chi connectivity index (χ2n) is 8.79. The molecule has 174 valence electrons. The summed E-state index contributed by atoms with van der Waals surface area (Å²) in [6, 6.07) is 15.4. The number of anilines is 2. The maximum Gasteiger partial charge on any atom is 0.297 e. The average molecular weight is 486 g/mol. The van der Waals surface area contributed by atoms with Gasteiger partial charge in [-0.15, -0.1) is 0 Å². The van der Waals surface area contributed by atoms with Crippen molar-refractivity contribution in [1.29, 1.82) is 0 Å². The van der Waals surface area contributed by atoms with Gasteiger partial charge in [0.1, 0.15) is 11.4 Å². The van der Waals surface area contributed by atoms with Crippen molar-refractivity contribution in [1.82, 2.24) is 4.98 Å². The molecule has 0 saturated carbocycles. The molecule has 7 nitrogen and oxygen atoms in total. The maximum atomic E-state index is 14.4. The first-order chi connectivity index (χ1) is 16.9. The second-order valence-corrected chi connectivity index (χ2v) is 9.23. The first-order valence-corrected chi connectivity index (χ1v) is 11.7. The summed E-state index contributed by atoms with van der Waals surface area (Å²) in [5.41, 5.74) is 0.0751. The zero-order valence-corrected chi connectivity index (χ0v) is 19.8. The Balaban J connectivity index is 1.79. The summed E-state index contributed by atoms with van der Waals surface area (Å²) in [6.45, 7) is 4.28. The van der Waals surface area contributed by atoms with Crippen LogP contribution in [0.4, 0.5) is 11.5 Å². The topological polar surface area (TPSA) is 83.7 Å². The lowest BCUT2D eigenvalue weighted by molar-refractivity contribution is -0.121. The first-order valence-electron chi connectivity index (χ1n) is 11.3. The number of pyridine rings is 1. The normalized spacial score (nSPS) is 18.6. The fraction of sp³-hybridized carbons (Fsp3) is 0.185. The van der Waals surface area contributed by atoms with Crippen LogP contribution in [0.5, 0.6) is 0 Å². The molecule has 6 rings (SSSR count). The van der Waals surface area contributed by atoms with Crippen molar-refractivity contribution in [3.05, 3.63) is 98.5 Å². The molecule has 0 fully saturated rings. The first kappa shape index (κ1) is 21.6. The highest BCUT2D eigenvalue weighted by atomic mass is 35.5. The Kier molecular flexibility index (Phi) is 4.63. The smallest absolute Gasteiger partial charge is 0.297 e. The molecule has 0 radical (unpaired) electrons. The summed E-state index contributed by atoms with van der Waals surface area (Å²) >= 11 is 6.19. The lowest BCUT2D eigenvalue weighted by Crippen LogP contribution is -2.54. The molecule has 0 bridgehead atoms. The Bertz CT molecular complexity index is 1630. The quantitative estimate of drug-likeness (QED) is 0.416. The van der Waals surface area contributed by atoms with Crippen LogP contribution in [-0.4, -0.2) is 23.3 Å². The van der Waals surface area contributed by atoms with Crippen LogP contribution in [0.25, 0.3) is 11.0 Å². The Morgan fingerprint density at radius 1 is 1.06 bits per heavy atom. The van der Waals surface area contributed by atoms with E-state index in [2.05, 4.69) is 4.98 Å². The van der Waals surface area contributed by atoms with E-state index >= 15 is 0 Å². The van der Waals surface area contributed by atoms with Gasteiger partial charge in [-0.2, -0.15) is 0 Å². The molecule has 2 aliphatic rings. The zero-order chi connectivity index (χ0) is 24.5. The Morgan fingerprint density at radius 2 is 1.86 bits per heavy atom. The van der Waals surface area contributed by atoms with E-state index in [9.17, 15) is 14.4 Å². The van der Waals surface area contributed by atoms with Gasteiger partial charge in [-0.1, -0.05) is 36.7 Å². The van der Waals surface area contributed by atoms with Gasteiger partial charge in [0, 0.05) is 23.3 Å². The summed E-state index contributed by atoms with van der Waals surface area (Å²) in [5, 5.41) is 0.563. The molecule has 35 heavy (non-hydrogen) atoms. The number of halogens is 1. The number of benzene rings is 2. The van der Waals surface area contributed by atoms with Crippen molar-refractivity contribution in [3.8, 4) is 0 Å². The molecular formula is C27H20ClN3O4. The average Bonchev–Trinajstić information content (AvgIpc) is 3.25. The number of hydrogen-bond donors (Lipinski definition) is 0. The van der Waals surface area contributed by atoms with Crippen molar-refractivity contribution in [2.24, 2.45) is 0 Å². The van der Waals surface area contributed by atoms with Crippen LogP contribution in [0.1, 0.15) is 40.6 Å². The van der Waals surface area contributed by atoms with Gasteiger partial charge in [0.15, 0.2) is 11.0 Å². The minimum absolute atomic E-state index is 0.00312. The fourth-order valence-corrected chi connectivity index (χ4v) is 5.44. The summed E-state index contributed by atoms with van der Waals surface area (Å²) < 4.78 is 6.03. The molecule has 8 heteroatoms. The number of para-hydroxylation sites is 1. The number of hydrogen-bond acceptors (Lipinski definition) is 5. The van der Waals surface area contributed by atoms with E-state index in [1.165, 1.54) is 11.0 Å². The van der Waals surface area contributed by atoms with Gasteiger partial charge >= 0.3 is 0 Å². The zero-order valence-electron chi connectivity index (χ0n) is 19.0. The number of nitrogens with zero attached hydrogens (tertiary/aromatic N) is 3. The number of aryl methyl sites for hydroxylation is 1. The van der Waals surface area contributed by atoms with Crippen LogP contribution in [0.15, 0.2) is 70.0 Å². The molecule has 1 atom stereocenters.